The highest BCUT2D eigenvalue weighted by Crippen LogP contribution is 2.36. The SMILES string of the molecule is C=Nc1c(N)ncnc1CCCC(CCP(NC(C)C)OCCSC(=C)C(C)(C)O)OC. The molecule has 10 heteroatoms. The molecule has 2 unspecified atom stereocenters. The van der Waals surface area contributed by atoms with Crippen molar-refractivity contribution in [1.82, 2.24) is 15.1 Å². The number of aromatic nitrogens is 2. The topological polar surface area (TPSA) is 115 Å². The minimum atomic E-state index is -0.878. The summed E-state index contributed by atoms with van der Waals surface area (Å²) in [6.45, 7) is 15.8. The fourth-order valence-corrected chi connectivity index (χ4v) is 5.50. The number of ether oxygens (including phenoxy) is 1. The van der Waals surface area contributed by atoms with Gasteiger partial charge >= 0.3 is 0 Å². The quantitative estimate of drug-likeness (QED) is 0.168. The molecule has 0 aliphatic carbocycles. The van der Waals surface area contributed by atoms with Gasteiger partial charge in [-0.1, -0.05) is 6.58 Å². The maximum atomic E-state index is 9.97. The molecule has 32 heavy (non-hydrogen) atoms. The number of nitrogen functional groups attached to an aromatic ring is 1. The van der Waals surface area contributed by atoms with E-state index in [0.717, 1.165) is 48.2 Å². The standard InChI is InChI=1S/C22H40N5O3PS/c1-16(2)27-31(30-12-14-32-17(3)22(4,5)28)13-11-18(29-7)9-8-10-19-20(24-6)21(23)26-15-25-19/h15-16,18,27-28H,3,6,8-14H2,1-2,4-5,7H3,(H2,23,25,26). The van der Waals surface area contributed by atoms with Crippen molar-refractivity contribution in [2.24, 2.45) is 4.99 Å². The molecule has 0 aliphatic rings. The average Bonchev–Trinajstić information content (AvgIpc) is 2.72. The number of nitrogens with one attached hydrogen (secondary N) is 1. The number of thioether (sulfide) groups is 1. The molecule has 0 fully saturated rings. The molecule has 1 rings (SSSR count). The molecule has 0 saturated carbocycles. The van der Waals surface area contributed by atoms with Gasteiger partial charge in [-0.25, -0.2) is 9.97 Å². The highest BCUT2D eigenvalue weighted by Gasteiger charge is 2.19. The normalized spacial score (nSPS) is 13.8. The maximum absolute atomic E-state index is 9.97. The van der Waals surface area contributed by atoms with Crippen LogP contribution in [0.1, 0.15) is 52.7 Å². The van der Waals surface area contributed by atoms with E-state index in [9.17, 15) is 5.11 Å². The van der Waals surface area contributed by atoms with Gasteiger partial charge in [0, 0.05) is 30.0 Å². The predicted octanol–water partition coefficient (Wildman–Crippen LogP) is 4.46. The Kier molecular flexibility index (Phi) is 13.5. The summed E-state index contributed by atoms with van der Waals surface area (Å²) in [5.41, 5.74) is 6.37. The molecule has 2 atom stereocenters. The number of aryl methyl sites for hydroxylation is 1. The summed E-state index contributed by atoms with van der Waals surface area (Å²) in [7, 11) is 0.988. The lowest BCUT2D eigenvalue weighted by atomic mass is 10.1. The number of nitrogens with zero attached hydrogens (tertiary/aromatic N) is 3. The smallest absolute Gasteiger partial charge is 0.153 e. The number of nitrogens with two attached hydrogens (primary N) is 1. The predicted molar refractivity (Wildman–Crippen MR) is 138 cm³/mol. The van der Waals surface area contributed by atoms with Crippen LogP contribution in [0, 0.1) is 0 Å². The van der Waals surface area contributed by atoms with Gasteiger partial charge in [-0.3, -0.25) is 10.1 Å². The van der Waals surface area contributed by atoms with Crippen molar-refractivity contribution >= 4 is 38.3 Å². The molecule has 1 aromatic heterocycles. The minimum absolute atomic E-state index is 0.140. The molecule has 0 radical (unpaired) electrons. The van der Waals surface area contributed by atoms with Gasteiger partial charge < -0.3 is 20.1 Å². The molecule has 0 saturated heterocycles. The van der Waals surface area contributed by atoms with Crippen LogP contribution < -0.4 is 10.8 Å². The van der Waals surface area contributed by atoms with Gasteiger partial charge in [0.15, 0.2) is 5.82 Å². The van der Waals surface area contributed by atoms with Crippen LogP contribution in [0.4, 0.5) is 11.5 Å². The molecule has 4 N–H and O–H groups in total. The van der Waals surface area contributed by atoms with Crippen LogP contribution in [-0.4, -0.2) is 65.2 Å². The second-order valence-corrected chi connectivity index (χ2v) is 11.2. The monoisotopic (exact) mass is 485 g/mol. The number of hydrogen-bond acceptors (Lipinski definition) is 9. The fourth-order valence-electron chi connectivity index (χ4n) is 2.87. The summed E-state index contributed by atoms with van der Waals surface area (Å²) in [6.07, 6.45) is 5.98. The van der Waals surface area contributed by atoms with Crippen LogP contribution in [0.5, 0.6) is 0 Å². The van der Waals surface area contributed by atoms with Gasteiger partial charge in [0.1, 0.15) is 20.3 Å². The van der Waals surface area contributed by atoms with Crippen LogP contribution in [0.25, 0.3) is 0 Å². The van der Waals surface area contributed by atoms with E-state index in [4.69, 9.17) is 15.0 Å². The van der Waals surface area contributed by atoms with Crippen LogP contribution in [0.2, 0.25) is 0 Å². The molecule has 0 spiro atoms. The highest BCUT2D eigenvalue weighted by atomic mass is 32.2. The zero-order valence-corrected chi connectivity index (χ0v) is 21.8. The average molecular weight is 486 g/mol. The van der Waals surface area contributed by atoms with Crippen molar-refractivity contribution in [3.8, 4) is 0 Å². The van der Waals surface area contributed by atoms with Crippen molar-refractivity contribution in [3.63, 3.8) is 0 Å². The van der Waals surface area contributed by atoms with Crippen LogP contribution in [-0.2, 0) is 15.7 Å². The molecular formula is C22H40N5O3PS. The fraction of sp³-hybridized carbons (Fsp3) is 0.682. The van der Waals surface area contributed by atoms with E-state index in [1.165, 1.54) is 6.33 Å². The lowest BCUT2D eigenvalue weighted by molar-refractivity contribution is 0.0906. The van der Waals surface area contributed by atoms with E-state index in [0.29, 0.717) is 24.2 Å². The number of hydrogen-bond donors (Lipinski definition) is 3. The Labute approximate surface area is 198 Å². The lowest BCUT2D eigenvalue weighted by Gasteiger charge is -2.24. The highest BCUT2D eigenvalue weighted by molar-refractivity contribution is 8.03. The third-order valence-electron chi connectivity index (χ3n) is 4.70. The van der Waals surface area contributed by atoms with Gasteiger partial charge in [0.25, 0.3) is 0 Å². The minimum Gasteiger partial charge on any atom is -0.385 e. The first-order valence-corrected chi connectivity index (χ1v) is 13.3. The summed E-state index contributed by atoms with van der Waals surface area (Å²) in [6, 6.07) is 0.342. The number of aliphatic imine (C=N–C) groups is 1. The van der Waals surface area contributed by atoms with Crippen LogP contribution in [0.15, 0.2) is 22.8 Å². The first-order valence-electron chi connectivity index (χ1n) is 10.9. The maximum Gasteiger partial charge on any atom is 0.153 e. The van der Waals surface area contributed by atoms with E-state index >= 15 is 0 Å². The molecule has 0 amide bonds. The summed E-state index contributed by atoms with van der Waals surface area (Å²) in [5, 5.41) is 13.5. The van der Waals surface area contributed by atoms with E-state index in [2.05, 4.69) is 47.2 Å². The second kappa shape index (κ2) is 14.9. The van der Waals surface area contributed by atoms with Crippen molar-refractivity contribution in [2.45, 2.75) is 71.1 Å². The molecule has 1 aromatic rings. The second-order valence-electron chi connectivity index (χ2n) is 8.30. The zero-order chi connectivity index (χ0) is 24.1. The van der Waals surface area contributed by atoms with Crippen molar-refractivity contribution in [2.75, 3.05) is 31.4 Å². The van der Waals surface area contributed by atoms with Crippen molar-refractivity contribution < 1.29 is 14.4 Å². The Bertz CT molecular complexity index is 715. The Morgan fingerprint density at radius 3 is 2.69 bits per heavy atom. The number of methoxy groups -OCH3 is 1. The van der Waals surface area contributed by atoms with Gasteiger partial charge in [0.05, 0.1) is 24.0 Å². The number of aliphatic hydroxyl groups is 1. The summed E-state index contributed by atoms with van der Waals surface area (Å²) in [5.74, 6) is 1.12. The number of rotatable bonds is 17. The molecule has 1 heterocycles. The summed E-state index contributed by atoms with van der Waals surface area (Å²) < 4.78 is 11.8. The molecule has 0 aliphatic heterocycles. The summed E-state index contributed by atoms with van der Waals surface area (Å²) in [4.78, 5) is 13.0. The molecular weight excluding hydrogens is 445 g/mol. The largest absolute Gasteiger partial charge is 0.385 e. The lowest BCUT2D eigenvalue weighted by Crippen LogP contribution is -2.22. The van der Waals surface area contributed by atoms with E-state index < -0.39 is 13.9 Å². The summed E-state index contributed by atoms with van der Waals surface area (Å²) >= 11 is 1.54. The Hall–Kier alpha value is -1.09. The van der Waals surface area contributed by atoms with E-state index in [1.807, 2.05) is 0 Å². The molecule has 0 bridgehead atoms. The molecule has 182 valence electrons. The molecule has 0 aromatic carbocycles. The zero-order valence-electron chi connectivity index (χ0n) is 20.1. The van der Waals surface area contributed by atoms with Crippen LogP contribution in [0.3, 0.4) is 0 Å². The van der Waals surface area contributed by atoms with Gasteiger partial charge in [0.2, 0.25) is 0 Å². The first kappa shape index (κ1) is 28.9. The van der Waals surface area contributed by atoms with Crippen molar-refractivity contribution in [1.29, 1.82) is 0 Å². The van der Waals surface area contributed by atoms with E-state index in [-0.39, 0.29) is 6.10 Å². The Morgan fingerprint density at radius 1 is 1.38 bits per heavy atom. The van der Waals surface area contributed by atoms with Gasteiger partial charge in [-0.2, -0.15) is 0 Å². The number of anilines is 1. The van der Waals surface area contributed by atoms with Gasteiger partial charge in [-0.05, 0) is 60.1 Å². The molecule has 8 nitrogen and oxygen atoms in total. The van der Waals surface area contributed by atoms with E-state index in [1.54, 1.807) is 32.7 Å². The Balaban J connectivity index is 2.46. The third kappa shape index (κ3) is 11.2. The van der Waals surface area contributed by atoms with Gasteiger partial charge in [-0.15, -0.1) is 11.8 Å². The third-order valence-corrected chi connectivity index (χ3v) is 7.88. The Morgan fingerprint density at radius 2 is 2.09 bits per heavy atom. The van der Waals surface area contributed by atoms with Crippen LogP contribution >= 0.6 is 20.1 Å². The van der Waals surface area contributed by atoms with Crippen molar-refractivity contribution in [3.05, 3.63) is 23.5 Å². The first-order chi connectivity index (χ1) is 15.1.